The summed E-state index contributed by atoms with van der Waals surface area (Å²) < 4.78 is 39.7. The molecule has 2 aromatic heterocycles. The molecule has 3 aromatic rings. The van der Waals surface area contributed by atoms with Gasteiger partial charge in [-0.25, -0.2) is 28.0 Å². The number of aromatic nitrogens is 2. The van der Waals surface area contributed by atoms with Crippen molar-refractivity contribution >= 4 is 55.1 Å². The van der Waals surface area contributed by atoms with Crippen molar-refractivity contribution in [3.8, 4) is 11.6 Å². The van der Waals surface area contributed by atoms with Crippen LogP contribution < -0.4 is 24.8 Å². The summed E-state index contributed by atoms with van der Waals surface area (Å²) in [4.78, 5) is 53.1. The number of nitrogens with two attached hydrogens (primary N) is 1. The third kappa shape index (κ3) is 6.21. The summed E-state index contributed by atoms with van der Waals surface area (Å²) in [7, 11) is -2.54. The number of carbonyl (C=O) groups is 3. The van der Waals surface area contributed by atoms with Crippen LogP contribution in [0.2, 0.25) is 0 Å². The van der Waals surface area contributed by atoms with Gasteiger partial charge in [0.15, 0.2) is 6.10 Å². The van der Waals surface area contributed by atoms with Gasteiger partial charge in [0.2, 0.25) is 21.0 Å². The van der Waals surface area contributed by atoms with Crippen molar-refractivity contribution in [2.75, 3.05) is 18.0 Å². The number of methoxy groups -OCH3 is 1. The van der Waals surface area contributed by atoms with Gasteiger partial charge in [-0.1, -0.05) is 33.8 Å². The van der Waals surface area contributed by atoms with E-state index in [1.807, 2.05) is 45.9 Å². The van der Waals surface area contributed by atoms with Crippen LogP contribution in [0, 0.1) is 17.8 Å². The minimum absolute atomic E-state index is 0.0331. The molecule has 0 spiro atoms. The van der Waals surface area contributed by atoms with E-state index in [1.54, 1.807) is 31.7 Å². The van der Waals surface area contributed by atoms with E-state index in [4.69, 9.17) is 15.2 Å². The van der Waals surface area contributed by atoms with Crippen molar-refractivity contribution < 1.29 is 36.8 Å². The molecule has 0 radical (unpaired) electrons. The van der Waals surface area contributed by atoms with Crippen LogP contribution in [-0.2, 0) is 26.0 Å². The fraction of sp³-hybridized carbons (Fsp3) is 0.528. The summed E-state index contributed by atoms with van der Waals surface area (Å²) in [6.07, 6.45) is 4.04. The first-order valence-electron chi connectivity index (χ1n) is 17.4. The van der Waals surface area contributed by atoms with Crippen LogP contribution in [0.5, 0.6) is 11.6 Å². The molecular formula is C36H47N6O7S2+. The number of likely N-dealkylation sites (tertiary alicyclic amines) is 1. The molecule has 3 N–H and O–H groups in total. The molecule has 3 heterocycles. The van der Waals surface area contributed by atoms with Crippen LogP contribution in [0.25, 0.3) is 10.8 Å². The Morgan fingerprint density at radius 3 is 2.55 bits per heavy atom. The van der Waals surface area contributed by atoms with Gasteiger partial charge in [-0.15, -0.1) is 17.9 Å². The van der Waals surface area contributed by atoms with Crippen molar-refractivity contribution in [2.24, 2.45) is 23.5 Å². The maximum atomic E-state index is 14.9. The van der Waals surface area contributed by atoms with Gasteiger partial charge in [-0.2, -0.15) is 8.79 Å². The summed E-state index contributed by atoms with van der Waals surface area (Å²) >= 11 is 1.07. The third-order valence-corrected chi connectivity index (χ3v) is 14.1. The lowest BCUT2D eigenvalue weighted by molar-refractivity contribution is -0.789. The summed E-state index contributed by atoms with van der Waals surface area (Å²) in [5.41, 5.74) is 5.50. The second-order valence-electron chi connectivity index (χ2n) is 14.4. The van der Waals surface area contributed by atoms with E-state index < -0.39 is 67.2 Å². The highest BCUT2D eigenvalue weighted by molar-refractivity contribution is 7.94. The molecule has 3 fully saturated rings. The first-order valence-corrected chi connectivity index (χ1v) is 19.8. The number of urea groups is 1. The molecule has 1 aliphatic heterocycles. The Morgan fingerprint density at radius 2 is 1.96 bits per heavy atom. The maximum absolute atomic E-state index is 14.9. The number of amides is 4. The summed E-state index contributed by atoms with van der Waals surface area (Å²) in [5, 5.41) is 5.55. The van der Waals surface area contributed by atoms with Crippen LogP contribution in [0.15, 0.2) is 48.5 Å². The van der Waals surface area contributed by atoms with Crippen molar-refractivity contribution in [3.05, 3.63) is 54.2 Å². The Balaban J connectivity index is 1.38. The number of quaternary nitrogens is 1. The molecule has 15 heteroatoms. The Bertz CT molecular complexity index is 1980. The number of hydrogen-bond donors (Lipinski definition) is 2. The van der Waals surface area contributed by atoms with E-state index >= 15 is 0 Å². The summed E-state index contributed by atoms with van der Waals surface area (Å²) in [6.45, 7) is 13.0. The summed E-state index contributed by atoms with van der Waals surface area (Å²) in [6, 6.07) is 4.98. The first kappa shape index (κ1) is 36.9. The molecule has 3 aliphatic rings. The number of sulfonamides is 1. The topological polar surface area (TPSA) is 171 Å². The van der Waals surface area contributed by atoms with Gasteiger partial charge in [0.05, 0.1) is 24.0 Å². The lowest BCUT2D eigenvalue weighted by Crippen LogP contribution is -2.70. The highest BCUT2D eigenvalue weighted by Crippen LogP contribution is 2.49. The van der Waals surface area contributed by atoms with E-state index in [0.29, 0.717) is 36.6 Å². The molecule has 274 valence electrons. The molecule has 1 saturated heterocycles. The summed E-state index contributed by atoms with van der Waals surface area (Å²) in [5.74, 6) is -1.53. The normalized spacial score (nSPS) is 27.9. The number of thiazole rings is 1. The Morgan fingerprint density at radius 1 is 1.24 bits per heavy atom. The predicted octanol–water partition coefficient (Wildman–Crippen LogP) is 4.55. The number of nitrogens with zero attached hydrogens (tertiary/aromatic N) is 4. The number of imide groups is 1. The Kier molecular flexibility index (Phi) is 9.80. The fourth-order valence-corrected chi connectivity index (χ4v) is 9.97. The zero-order valence-corrected chi connectivity index (χ0v) is 31.5. The van der Waals surface area contributed by atoms with Gasteiger partial charge in [-0.3, -0.25) is 10.1 Å². The number of anilines is 1. The zero-order valence-electron chi connectivity index (χ0n) is 29.9. The number of nitrogens with one attached hydrogen (secondary N) is 1. The predicted molar refractivity (Wildman–Crippen MR) is 195 cm³/mol. The number of aryl methyl sites for hydroxylation is 1. The highest BCUT2D eigenvalue weighted by atomic mass is 32.2. The van der Waals surface area contributed by atoms with Crippen molar-refractivity contribution in [3.63, 3.8) is 0 Å². The van der Waals surface area contributed by atoms with Crippen molar-refractivity contribution in [1.29, 1.82) is 0 Å². The number of pyridine rings is 1. The largest absolute Gasteiger partial charge is 0.497 e. The first-order chi connectivity index (χ1) is 24.2. The minimum atomic E-state index is -4.13. The van der Waals surface area contributed by atoms with Crippen LogP contribution in [0.3, 0.4) is 0 Å². The average Bonchev–Trinajstić information content (AvgIpc) is 4.03. The van der Waals surface area contributed by atoms with Gasteiger partial charge in [0.25, 0.3) is 5.91 Å². The maximum Gasteiger partial charge on any atom is 0.425 e. The highest BCUT2D eigenvalue weighted by Gasteiger charge is 2.69. The van der Waals surface area contributed by atoms with Gasteiger partial charge >= 0.3 is 11.9 Å². The Hall–Kier alpha value is -3.92. The Labute approximate surface area is 302 Å². The number of fused-ring (bicyclic) bond motifs is 1. The molecule has 0 bridgehead atoms. The fourth-order valence-electron chi connectivity index (χ4n) is 7.04. The van der Waals surface area contributed by atoms with Crippen molar-refractivity contribution in [2.45, 2.75) is 89.3 Å². The molecule has 6 rings (SSSR count). The number of carbonyl (C=O) groups excluding carboxylic acids is 3. The smallest absolute Gasteiger partial charge is 0.425 e. The van der Waals surface area contributed by atoms with Crippen LogP contribution in [-0.4, -0.2) is 83.3 Å². The second kappa shape index (κ2) is 13.6. The quantitative estimate of drug-likeness (QED) is 0.198. The SMILES string of the molecule is C=C[C@@H]1C[C@]1(NC(=O)[N+]1(C(=O)C(N)C(C)C)C[C@H](Oc2nccc3cc(OC)ccc23)C(C)C1C)C(=O)N(c1nc(CC)cs1)S(=O)(=O)C1CC1. The zero-order chi connectivity index (χ0) is 37.0. The molecular weight excluding hydrogens is 693 g/mol. The molecule has 2 aliphatic carbocycles. The standard InChI is InChI=1S/C36H46N6O7S2/c1-8-24-17-36(24,33(44)41(51(46,47)27-11-12-27)34-39-25(9-2)19-50-34)40-35(45)42(32(43)30(37)20(3)4)18-29(21(5)22(42)6)49-31-28-13-10-26(48-7)16-23(28)14-15-38-31/h8,10,13-16,19-22,24,27,29-30H,1,9,11-12,17-18,37H2,2-7H3/p+1/t21?,22?,24-,29+,30?,36-,42?/m1/s1. The molecule has 7 atom stereocenters. The lowest BCUT2D eigenvalue weighted by Gasteiger charge is -2.37. The average molecular weight is 740 g/mol. The van der Waals surface area contributed by atoms with Gasteiger partial charge in [0, 0.05) is 22.9 Å². The number of benzene rings is 1. The second-order valence-corrected chi connectivity index (χ2v) is 17.3. The molecule has 2 saturated carbocycles. The third-order valence-electron chi connectivity index (χ3n) is 10.9. The van der Waals surface area contributed by atoms with Crippen molar-refractivity contribution in [1.82, 2.24) is 15.3 Å². The van der Waals surface area contributed by atoms with E-state index in [1.165, 1.54) is 6.08 Å². The molecule has 51 heavy (non-hydrogen) atoms. The van der Waals surface area contributed by atoms with E-state index in [9.17, 15) is 22.8 Å². The molecule has 4 unspecified atom stereocenters. The molecule has 1 aromatic carbocycles. The number of ether oxygens (including phenoxy) is 2. The van der Waals surface area contributed by atoms with Gasteiger partial charge in [0.1, 0.15) is 29.9 Å². The number of hydrogen-bond acceptors (Lipinski definition) is 11. The minimum Gasteiger partial charge on any atom is -0.497 e. The monoisotopic (exact) mass is 739 g/mol. The van der Waals surface area contributed by atoms with Crippen LogP contribution >= 0.6 is 11.3 Å². The molecule has 4 amide bonds. The van der Waals surface area contributed by atoms with Gasteiger partial charge in [-0.05, 0) is 68.2 Å². The molecule has 13 nitrogen and oxygen atoms in total. The van der Waals surface area contributed by atoms with Crippen LogP contribution in [0.4, 0.5) is 9.93 Å². The van der Waals surface area contributed by atoms with E-state index in [2.05, 4.69) is 21.9 Å². The lowest BCUT2D eigenvalue weighted by atomic mass is 9.99. The van der Waals surface area contributed by atoms with E-state index in [0.717, 1.165) is 26.4 Å². The van der Waals surface area contributed by atoms with Gasteiger partial charge < -0.3 is 15.2 Å². The number of rotatable bonds is 12. The van der Waals surface area contributed by atoms with Crippen LogP contribution in [0.1, 0.15) is 59.6 Å². The van der Waals surface area contributed by atoms with E-state index in [-0.39, 0.29) is 29.9 Å².